The third-order valence-corrected chi connectivity index (χ3v) is 4.42. The second-order valence-electron chi connectivity index (χ2n) is 6.20. The van der Waals surface area contributed by atoms with Crippen molar-refractivity contribution in [1.82, 2.24) is 15.1 Å². The van der Waals surface area contributed by atoms with Crippen molar-refractivity contribution in [3.63, 3.8) is 0 Å². The summed E-state index contributed by atoms with van der Waals surface area (Å²) in [7, 11) is 0. The van der Waals surface area contributed by atoms with E-state index in [1.807, 2.05) is 0 Å². The molecule has 23 heavy (non-hydrogen) atoms. The number of amides is 2. The Kier molecular flexibility index (Phi) is 7.78. The van der Waals surface area contributed by atoms with Gasteiger partial charge in [0.2, 0.25) is 11.8 Å². The Labute approximate surface area is 142 Å². The number of carboxylic acids is 1. The molecular weight excluding hydrogens is 322 g/mol. The standard InChI is InChI=1S/C15H25N3O4.ClH/c1-11(19)16-12-5-4-8-18(9-12)14(20)10-17-7-3-2-6-13(17)15(21)22;/h12-13H,2-10H2,1H3,(H,16,19)(H,21,22);1H. The van der Waals surface area contributed by atoms with Crippen LogP contribution in [0.5, 0.6) is 0 Å². The smallest absolute Gasteiger partial charge is 0.320 e. The molecule has 0 bridgehead atoms. The van der Waals surface area contributed by atoms with E-state index in [1.165, 1.54) is 6.92 Å². The van der Waals surface area contributed by atoms with Crippen LogP contribution in [0.25, 0.3) is 0 Å². The average Bonchev–Trinajstić information content (AvgIpc) is 2.47. The van der Waals surface area contributed by atoms with Crippen LogP contribution < -0.4 is 5.32 Å². The third-order valence-electron chi connectivity index (χ3n) is 4.42. The van der Waals surface area contributed by atoms with Crippen molar-refractivity contribution in [3.05, 3.63) is 0 Å². The highest BCUT2D eigenvalue weighted by Gasteiger charge is 2.32. The van der Waals surface area contributed by atoms with Crippen LogP contribution in [0.3, 0.4) is 0 Å². The molecule has 2 amide bonds. The van der Waals surface area contributed by atoms with Crippen LogP contribution in [0.1, 0.15) is 39.0 Å². The molecule has 0 aromatic rings. The van der Waals surface area contributed by atoms with Crippen LogP contribution >= 0.6 is 12.4 Å². The molecule has 0 aromatic carbocycles. The molecule has 0 aromatic heterocycles. The van der Waals surface area contributed by atoms with Crippen LogP contribution in [0.4, 0.5) is 0 Å². The molecular formula is C15H26ClN3O4. The van der Waals surface area contributed by atoms with Gasteiger partial charge >= 0.3 is 5.97 Å². The lowest BCUT2D eigenvalue weighted by molar-refractivity contribution is -0.146. The van der Waals surface area contributed by atoms with Gasteiger partial charge in [0.15, 0.2) is 0 Å². The minimum atomic E-state index is -0.845. The molecule has 2 fully saturated rings. The topological polar surface area (TPSA) is 90.0 Å². The zero-order chi connectivity index (χ0) is 16.1. The molecule has 0 radical (unpaired) electrons. The van der Waals surface area contributed by atoms with Gasteiger partial charge in [0, 0.05) is 26.1 Å². The fourth-order valence-electron chi connectivity index (χ4n) is 3.34. The number of halogens is 1. The lowest BCUT2D eigenvalue weighted by Crippen LogP contribution is -2.54. The Hall–Kier alpha value is -1.34. The van der Waals surface area contributed by atoms with E-state index in [-0.39, 0.29) is 36.8 Å². The third kappa shape index (κ3) is 5.66. The lowest BCUT2D eigenvalue weighted by atomic mass is 10.0. The monoisotopic (exact) mass is 347 g/mol. The summed E-state index contributed by atoms with van der Waals surface area (Å²) in [5, 5.41) is 12.1. The maximum Gasteiger partial charge on any atom is 0.320 e. The summed E-state index contributed by atoms with van der Waals surface area (Å²) in [5.74, 6) is -0.966. The molecule has 2 atom stereocenters. The number of carbonyl (C=O) groups excluding carboxylic acids is 2. The minimum Gasteiger partial charge on any atom is -0.480 e. The van der Waals surface area contributed by atoms with Gasteiger partial charge in [-0.05, 0) is 32.2 Å². The number of likely N-dealkylation sites (tertiary alicyclic amines) is 2. The predicted molar refractivity (Wildman–Crippen MR) is 87.5 cm³/mol. The summed E-state index contributed by atoms with van der Waals surface area (Å²) < 4.78 is 0. The van der Waals surface area contributed by atoms with Gasteiger partial charge in [-0.3, -0.25) is 19.3 Å². The van der Waals surface area contributed by atoms with Crippen molar-refractivity contribution in [1.29, 1.82) is 0 Å². The molecule has 0 aliphatic carbocycles. The molecule has 2 aliphatic heterocycles. The predicted octanol–water partition coefficient (Wildman–Crippen LogP) is 0.474. The molecule has 8 heteroatoms. The summed E-state index contributed by atoms with van der Waals surface area (Å²) in [6, 6.07) is -0.541. The second kappa shape index (κ2) is 9.08. The van der Waals surface area contributed by atoms with Crippen LogP contribution in [-0.4, -0.2) is 71.0 Å². The van der Waals surface area contributed by atoms with E-state index in [1.54, 1.807) is 9.80 Å². The minimum absolute atomic E-state index is 0. The van der Waals surface area contributed by atoms with E-state index < -0.39 is 12.0 Å². The van der Waals surface area contributed by atoms with Gasteiger partial charge in [-0.2, -0.15) is 0 Å². The molecule has 2 N–H and O–H groups in total. The molecule has 0 saturated carbocycles. The number of hydrogen-bond donors (Lipinski definition) is 2. The van der Waals surface area contributed by atoms with E-state index in [9.17, 15) is 19.5 Å². The van der Waals surface area contributed by atoms with Gasteiger partial charge in [0.25, 0.3) is 0 Å². The highest BCUT2D eigenvalue weighted by Crippen LogP contribution is 2.18. The van der Waals surface area contributed by atoms with Crippen LogP contribution in [0.2, 0.25) is 0 Å². The van der Waals surface area contributed by atoms with Gasteiger partial charge in [0.1, 0.15) is 6.04 Å². The summed E-state index contributed by atoms with van der Waals surface area (Å²) in [6.07, 6.45) is 4.18. The summed E-state index contributed by atoms with van der Waals surface area (Å²) in [6.45, 7) is 3.49. The van der Waals surface area contributed by atoms with Crippen molar-refractivity contribution in [2.45, 2.75) is 51.1 Å². The van der Waals surface area contributed by atoms with Crippen molar-refractivity contribution in [2.75, 3.05) is 26.2 Å². The number of hydrogen-bond acceptors (Lipinski definition) is 4. The number of aliphatic carboxylic acids is 1. The summed E-state index contributed by atoms with van der Waals surface area (Å²) in [4.78, 5) is 38.4. The first-order valence-corrected chi connectivity index (χ1v) is 7.99. The number of carbonyl (C=O) groups is 3. The van der Waals surface area contributed by atoms with E-state index in [2.05, 4.69) is 5.32 Å². The summed E-state index contributed by atoms with van der Waals surface area (Å²) in [5.41, 5.74) is 0. The van der Waals surface area contributed by atoms with Gasteiger partial charge < -0.3 is 15.3 Å². The zero-order valence-corrected chi connectivity index (χ0v) is 14.3. The molecule has 0 spiro atoms. The highest BCUT2D eigenvalue weighted by molar-refractivity contribution is 5.85. The van der Waals surface area contributed by atoms with Crippen LogP contribution in [0, 0.1) is 0 Å². The fraction of sp³-hybridized carbons (Fsp3) is 0.800. The highest BCUT2D eigenvalue weighted by atomic mass is 35.5. The molecule has 7 nitrogen and oxygen atoms in total. The Morgan fingerprint density at radius 1 is 1.13 bits per heavy atom. The van der Waals surface area contributed by atoms with Crippen LogP contribution in [-0.2, 0) is 14.4 Å². The molecule has 2 heterocycles. The molecule has 2 unspecified atom stereocenters. The van der Waals surface area contributed by atoms with Gasteiger partial charge in [-0.15, -0.1) is 12.4 Å². The molecule has 2 saturated heterocycles. The van der Waals surface area contributed by atoms with Crippen molar-refractivity contribution >= 4 is 30.2 Å². The summed E-state index contributed by atoms with van der Waals surface area (Å²) >= 11 is 0. The first-order chi connectivity index (χ1) is 10.5. The first-order valence-electron chi connectivity index (χ1n) is 7.99. The average molecular weight is 348 g/mol. The van der Waals surface area contributed by atoms with Crippen molar-refractivity contribution < 1.29 is 19.5 Å². The number of nitrogens with one attached hydrogen (secondary N) is 1. The first kappa shape index (κ1) is 19.7. The van der Waals surface area contributed by atoms with Gasteiger partial charge in [-0.1, -0.05) is 6.42 Å². The Morgan fingerprint density at radius 3 is 2.52 bits per heavy atom. The Morgan fingerprint density at radius 2 is 1.87 bits per heavy atom. The zero-order valence-electron chi connectivity index (χ0n) is 13.5. The van der Waals surface area contributed by atoms with Gasteiger partial charge in [0.05, 0.1) is 6.54 Å². The van der Waals surface area contributed by atoms with E-state index >= 15 is 0 Å². The SMILES string of the molecule is CC(=O)NC1CCCN(C(=O)CN2CCCCC2C(=O)O)C1.Cl. The Bertz CT molecular complexity index is 446. The van der Waals surface area contributed by atoms with Crippen LogP contribution in [0.15, 0.2) is 0 Å². The molecule has 2 aliphatic rings. The fourth-order valence-corrected chi connectivity index (χ4v) is 3.34. The molecule has 2 rings (SSSR count). The second-order valence-corrected chi connectivity index (χ2v) is 6.20. The Balaban J connectivity index is 0.00000264. The van der Waals surface area contributed by atoms with E-state index in [0.717, 1.165) is 25.7 Å². The van der Waals surface area contributed by atoms with E-state index in [4.69, 9.17) is 0 Å². The maximum absolute atomic E-state index is 12.4. The number of piperidine rings is 2. The number of nitrogens with zero attached hydrogens (tertiary/aromatic N) is 2. The quantitative estimate of drug-likeness (QED) is 0.771. The number of carboxylic acid groups (broad SMARTS) is 1. The normalized spacial score (nSPS) is 25.3. The molecule has 132 valence electrons. The van der Waals surface area contributed by atoms with Crippen molar-refractivity contribution in [3.8, 4) is 0 Å². The lowest BCUT2D eigenvalue weighted by Gasteiger charge is -2.37. The van der Waals surface area contributed by atoms with E-state index in [0.29, 0.717) is 26.1 Å². The maximum atomic E-state index is 12.4. The van der Waals surface area contributed by atoms with Gasteiger partial charge in [-0.25, -0.2) is 0 Å². The van der Waals surface area contributed by atoms with Crippen molar-refractivity contribution in [2.24, 2.45) is 0 Å². The number of rotatable bonds is 4. The largest absolute Gasteiger partial charge is 0.480 e.